The van der Waals surface area contributed by atoms with Gasteiger partial charge in [-0.1, -0.05) is 24.3 Å². The molecule has 0 aliphatic heterocycles. The first kappa shape index (κ1) is 24.5. The van der Waals surface area contributed by atoms with Crippen molar-refractivity contribution in [3.05, 3.63) is 68.8 Å². The van der Waals surface area contributed by atoms with Gasteiger partial charge < -0.3 is 20.1 Å². The van der Waals surface area contributed by atoms with E-state index in [4.69, 9.17) is 14.8 Å². The van der Waals surface area contributed by atoms with Crippen molar-refractivity contribution in [3.63, 3.8) is 0 Å². The van der Waals surface area contributed by atoms with Crippen LogP contribution in [0, 0.1) is 3.57 Å². The Morgan fingerprint density at radius 2 is 1.70 bits per heavy atom. The number of rotatable bonds is 11. The lowest BCUT2D eigenvalue weighted by Crippen LogP contribution is -2.45. The summed E-state index contributed by atoms with van der Waals surface area (Å²) in [5.74, 6) is -1.01. The number of primary amides is 1. The third-order valence-corrected chi connectivity index (χ3v) is 6.95. The van der Waals surface area contributed by atoms with Crippen LogP contribution in [0.2, 0.25) is 0 Å². The van der Waals surface area contributed by atoms with Crippen LogP contribution in [0.5, 0.6) is 0 Å². The standard InChI is InChI=1S/C21H26IN2O5P/c1-3-28-30(27,29-4-2)14-15-8-10-17(11-9-15)21(26)24-19(20(23)25)13-16-6-5-7-18(22)12-16/h5-12,19H,3-4,13-14H2,1-2H3,(H2,23,25)(H,24,26)/t19-/m0/s1. The van der Waals surface area contributed by atoms with Gasteiger partial charge in [0.05, 0.1) is 19.4 Å². The summed E-state index contributed by atoms with van der Waals surface area (Å²) in [6, 6.07) is 13.4. The summed E-state index contributed by atoms with van der Waals surface area (Å²) in [4.78, 5) is 24.4. The lowest BCUT2D eigenvalue weighted by atomic mass is 10.0. The van der Waals surface area contributed by atoms with Gasteiger partial charge >= 0.3 is 7.60 Å². The number of carbonyl (C=O) groups is 2. The summed E-state index contributed by atoms with van der Waals surface area (Å²) < 4.78 is 24.3. The highest BCUT2D eigenvalue weighted by atomic mass is 127. The van der Waals surface area contributed by atoms with Gasteiger partial charge in [0.15, 0.2) is 0 Å². The van der Waals surface area contributed by atoms with Crippen molar-refractivity contribution >= 4 is 42.0 Å². The number of hydrogen-bond acceptors (Lipinski definition) is 5. The molecule has 0 fully saturated rings. The Morgan fingerprint density at radius 3 is 2.23 bits per heavy atom. The molecule has 0 saturated heterocycles. The molecule has 0 heterocycles. The smallest absolute Gasteiger partial charge is 0.335 e. The van der Waals surface area contributed by atoms with Crippen LogP contribution in [0.15, 0.2) is 48.5 Å². The minimum Gasteiger partial charge on any atom is -0.368 e. The number of carbonyl (C=O) groups excluding carboxylic acids is 2. The predicted molar refractivity (Wildman–Crippen MR) is 124 cm³/mol. The molecule has 0 radical (unpaired) electrons. The number of amides is 2. The van der Waals surface area contributed by atoms with E-state index in [1.807, 2.05) is 24.3 Å². The number of benzene rings is 2. The van der Waals surface area contributed by atoms with E-state index < -0.39 is 25.5 Å². The molecule has 0 bridgehead atoms. The molecule has 162 valence electrons. The van der Waals surface area contributed by atoms with Crippen LogP contribution in [-0.2, 0) is 31.0 Å². The molecule has 2 aromatic rings. The van der Waals surface area contributed by atoms with Crippen molar-refractivity contribution in [2.24, 2.45) is 5.73 Å². The molecule has 2 aromatic carbocycles. The molecule has 0 aromatic heterocycles. The molecular weight excluding hydrogens is 518 g/mol. The summed E-state index contributed by atoms with van der Waals surface area (Å²) in [6.45, 7) is 4.08. The zero-order valence-corrected chi connectivity index (χ0v) is 20.0. The van der Waals surface area contributed by atoms with E-state index in [-0.39, 0.29) is 19.4 Å². The second-order valence-corrected chi connectivity index (χ2v) is 9.86. The van der Waals surface area contributed by atoms with Crippen LogP contribution < -0.4 is 11.1 Å². The second kappa shape index (κ2) is 11.6. The zero-order chi connectivity index (χ0) is 22.1. The molecule has 1 atom stereocenters. The first-order valence-electron chi connectivity index (χ1n) is 9.58. The van der Waals surface area contributed by atoms with Crippen molar-refractivity contribution in [2.45, 2.75) is 32.5 Å². The average molecular weight is 544 g/mol. The number of nitrogens with two attached hydrogens (primary N) is 1. The first-order chi connectivity index (χ1) is 14.3. The Balaban J connectivity index is 2.06. The lowest BCUT2D eigenvalue weighted by molar-refractivity contribution is -0.119. The van der Waals surface area contributed by atoms with Crippen LogP contribution in [-0.4, -0.2) is 31.1 Å². The maximum atomic E-state index is 12.6. The van der Waals surface area contributed by atoms with Gasteiger partial charge in [0.2, 0.25) is 5.91 Å². The highest BCUT2D eigenvalue weighted by molar-refractivity contribution is 14.1. The quantitative estimate of drug-likeness (QED) is 0.330. The van der Waals surface area contributed by atoms with Crippen LogP contribution >= 0.6 is 30.2 Å². The molecule has 2 rings (SSSR count). The van der Waals surface area contributed by atoms with Gasteiger partial charge in [0.25, 0.3) is 5.91 Å². The van der Waals surface area contributed by atoms with E-state index in [1.54, 1.807) is 38.1 Å². The van der Waals surface area contributed by atoms with Crippen molar-refractivity contribution in [1.29, 1.82) is 0 Å². The van der Waals surface area contributed by atoms with Crippen LogP contribution in [0.4, 0.5) is 0 Å². The van der Waals surface area contributed by atoms with Gasteiger partial charge in [-0.3, -0.25) is 14.2 Å². The summed E-state index contributed by atoms with van der Waals surface area (Å²) in [5.41, 5.74) is 7.49. The largest absolute Gasteiger partial charge is 0.368 e. The molecule has 0 aliphatic rings. The first-order valence-corrected chi connectivity index (χ1v) is 12.4. The molecule has 7 nitrogen and oxygen atoms in total. The summed E-state index contributed by atoms with van der Waals surface area (Å²) in [7, 11) is -3.22. The minimum absolute atomic E-state index is 0.118. The minimum atomic E-state index is -3.22. The second-order valence-electron chi connectivity index (χ2n) is 6.56. The highest BCUT2D eigenvalue weighted by Crippen LogP contribution is 2.51. The fourth-order valence-corrected chi connectivity index (χ4v) is 5.18. The molecule has 0 aliphatic carbocycles. The number of hydrogen-bond donors (Lipinski definition) is 2. The fraction of sp³-hybridized carbons (Fsp3) is 0.333. The SMILES string of the molecule is CCOP(=O)(Cc1ccc(C(=O)N[C@@H](Cc2cccc(I)c2)C(N)=O)cc1)OCC. The normalized spacial score (nSPS) is 12.4. The number of nitrogens with one attached hydrogen (secondary N) is 1. The van der Waals surface area contributed by atoms with Crippen LogP contribution in [0.25, 0.3) is 0 Å². The molecule has 0 spiro atoms. The van der Waals surface area contributed by atoms with Gasteiger partial charge in [-0.2, -0.15) is 0 Å². The Morgan fingerprint density at radius 1 is 1.07 bits per heavy atom. The van der Waals surface area contributed by atoms with Crippen LogP contribution in [0.1, 0.15) is 35.3 Å². The van der Waals surface area contributed by atoms with E-state index in [1.165, 1.54) is 0 Å². The molecular formula is C21H26IN2O5P. The van der Waals surface area contributed by atoms with E-state index in [0.717, 1.165) is 14.7 Å². The van der Waals surface area contributed by atoms with E-state index in [2.05, 4.69) is 27.9 Å². The molecule has 0 unspecified atom stereocenters. The topological polar surface area (TPSA) is 108 Å². The summed E-state index contributed by atoms with van der Waals surface area (Å²) >= 11 is 2.19. The summed E-state index contributed by atoms with van der Waals surface area (Å²) in [5, 5.41) is 2.69. The van der Waals surface area contributed by atoms with Gasteiger partial charge in [0, 0.05) is 15.6 Å². The van der Waals surface area contributed by atoms with Crippen molar-refractivity contribution < 1.29 is 23.2 Å². The van der Waals surface area contributed by atoms with E-state index in [0.29, 0.717) is 12.0 Å². The molecule has 0 saturated carbocycles. The molecule has 3 N–H and O–H groups in total. The summed E-state index contributed by atoms with van der Waals surface area (Å²) in [6.07, 6.45) is 0.426. The van der Waals surface area contributed by atoms with Crippen molar-refractivity contribution in [3.8, 4) is 0 Å². The van der Waals surface area contributed by atoms with E-state index in [9.17, 15) is 14.2 Å². The molecule has 2 amide bonds. The fourth-order valence-electron chi connectivity index (χ4n) is 2.87. The average Bonchev–Trinajstić information content (AvgIpc) is 2.68. The maximum Gasteiger partial charge on any atom is 0.335 e. The Bertz CT molecular complexity index is 910. The van der Waals surface area contributed by atoms with Gasteiger partial charge in [-0.05, 0) is 71.8 Å². The van der Waals surface area contributed by atoms with Gasteiger partial charge in [-0.15, -0.1) is 0 Å². The molecule has 9 heteroatoms. The predicted octanol–water partition coefficient (Wildman–Crippen LogP) is 3.88. The zero-order valence-electron chi connectivity index (χ0n) is 17.0. The Hall–Kier alpha value is -1.74. The van der Waals surface area contributed by atoms with Crippen LogP contribution in [0.3, 0.4) is 0 Å². The van der Waals surface area contributed by atoms with Crippen molar-refractivity contribution in [2.75, 3.05) is 13.2 Å². The molecule has 30 heavy (non-hydrogen) atoms. The van der Waals surface area contributed by atoms with Gasteiger partial charge in [0.1, 0.15) is 6.04 Å². The maximum absolute atomic E-state index is 12.6. The highest BCUT2D eigenvalue weighted by Gasteiger charge is 2.24. The third kappa shape index (κ3) is 7.50. The monoisotopic (exact) mass is 544 g/mol. The van der Waals surface area contributed by atoms with Gasteiger partial charge in [-0.25, -0.2) is 0 Å². The number of halogens is 1. The Kier molecular flexibility index (Phi) is 9.48. The van der Waals surface area contributed by atoms with Crippen molar-refractivity contribution in [1.82, 2.24) is 5.32 Å². The lowest BCUT2D eigenvalue weighted by Gasteiger charge is -2.17. The Labute approximate surface area is 190 Å². The van der Waals surface area contributed by atoms with E-state index >= 15 is 0 Å². The third-order valence-electron chi connectivity index (χ3n) is 4.22.